The van der Waals surface area contributed by atoms with Crippen LogP contribution in [0.25, 0.3) is 0 Å². The van der Waals surface area contributed by atoms with Crippen LogP contribution in [0.4, 0.5) is 14.0 Å². The second kappa shape index (κ2) is 16.9. The van der Waals surface area contributed by atoms with Crippen molar-refractivity contribution in [1.82, 2.24) is 15.1 Å². The van der Waals surface area contributed by atoms with E-state index < -0.39 is 0 Å². The second-order valence-corrected chi connectivity index (χ2v) is 6.26. The van der Waals surface area contributed by atoms with E-state index in [2.05, 4.69) is 19.2 Å². The molecule has 0 aliphatic carbocycles. The number of hydrogen-bond acceptors (Lipinski definition) is 2. The summed E-state index contributed by atoms with van der Waals surface area (Å²) in [5.74, 6) is 0.324. The third-order valence-electron chi connectivity index (χ3n) is 3.77. The molecule has 2 rings (SSSR count). The molecule has 161 valence electrons. The molecular formula is C21H40FN3O2Y. The number of imide groups is 1. The summed E-state index contributed by atoms with van der Waals surface area (Å²) < 4.78 is 12.4. The number of rotatable bonds is 3. The summed E-state index contributed by atoms with van der Waals surface area (Å²) in [6, 6.07) is 6.30. The van der Waals surface area contributed by atoms with E-state index in [1.807, 2.05) is 32.9 Å². The van der Waals surface area contributed by atoms with Crippen molar-refractivity contribution in [3.05, 3.63) is 35.6 Å². The van der Waals surface area contributed by atoms with Gasteiger partial charge in [-0.25, -0.2) is 18.9 Å². The van der Waals surface area contributed by atoms with E-state index in [0.29, 0.717) is 25.6 Å². The van der Waals surface area contributed by atoms with Crippen LogP contribution in [-0.2, 0) is 32.7 Å². The second-order valence-electron chi connectivity index (χ2n) is 6.26. The van der Waals surface area contributed by atoms with Crippen LogP contribution in [0.5, 0.6) is 0 Å². The maximum Gasteiger partial charge on any atom is 0.328 e. The van der Waals surface area contributed by atoms with Crippen LogP contribution < -0.4 is 5.32 Å². The first-order valence-corrected chi connectivity index (χ1v) is 8.39. The van der Waals surface area contributed by atoms with Crippen LogP contribution in [-0.4, -0.2) is 47.5 Å². The normalized spacial score (nSPS) is 12.1. The molecule has 28 heavy (non-hydrogen) atoms. The number of nitrogens with zero attached hydrogens (tertiary/aromatic N) is 2. The van der Waals surface area contributed by atoms with Crippen LogP contribution in [0.15, 0.2) is 24.3 Å². The van der Waals surface area contributed by atoms with Gasteiger partial charge in [0.25, 0.3) is 0 Å². The van der Waals surface area contributed by atoms with E-state index in [-0.39, 0.29) is 78.9 Å². The molecule has 1 aromatic rings. The summed E-state index contributed by atoms with van der Waals surface area (Å²) in [5.41, 5.74) is 1.18. The third kappa shape index (κ3) is 10.5. The zero-order valence-corrected chi connectivity index (χ0v) is 18.6. The van der Waals surface area contributed by atoms with Crippen LogP contribution in [0.1, 0.15) is 68.4 Å². The summed E-state index contributed by atoms with van der Waals surface area (Å²) in [6.45, 7) is 11.6. The molecule has 1 N–H and O–H groups in total. The minimum atomic E-state index is -0.291. The van der Waals surface area contributed by atoms with Crippen LogP contribution in [0.2, 0.25) is 0 Å². The van der Waals surface area contributed by atoms with Gasteiger partial charge in [-0.1, -0.05) is 48.3 Å². The Hall–Kier alpha value is -1.01. The number of amides is 4. The molecule has 1 aliphatic rings. The average Bonchev–Trinajstić information content (AvgIpc) is 2.90. The smallest absolute Gasteiger partial charge is 0.328 e. The summed E-state index contributed by atoms with van der Waals surface area (Å²) in [4.78, 5) is 26.0. The van der Waals surface area contributed by atoms with Gasteiger partial charge in [0.1, 0.15) is 5.82 Å². The number of nitrogens with one attached hydrogen (secondary N) is 1. The number of urea groups is 2. The van der Waals surface area contributed by atoms with Gasteiger partial charge in [-0.15, -0.1) is 0 Å². The predicted molar refractivity (Wildman–Crippen MR) is 114 cm³/mol. The van der Waals surface area contributed by atoms with E-state index in [1.54, 1.807) is 4.90 Å². The molecule has 7 heteroatoms. The molecule has 1 aromatic carbocycles. The number of hydrogen-bond donors (Lipinski definition) is 1. The fraction of sp³-hybridized carbons (Fsp3) is 0.619. The molecule has 0 saturated carbocycles. The van der Waals surface area contributed by atoms with Crippen molar-refractivity contribution in [2.24, 2.45) is 0 Å². The zero-order valence-electron chi connectivity index (χ0n) is 15.8. The standard InChI is InChI=1S/C9H11F.C9H17N3O2.3CH4.Y/c1-7(2)8-3-5-9(10)6-4-8;1-4-10-8(13)12-6-5-11(7(2)3)9(12)14;;;;/h3-7H,1-2H3;7H,4-6H2,1-3H3,(H,10,13);3*1H4;. The van der Waals surface area contributed by atoms with E-state index >= 15 is 0 Å². The minimum absolute atomic E-state index is 0. The van der Waals surface area contributed by atoms with Crippen molar-refractivity contribution in [1.29, 1.82) is 0 Å². The minimum Gasteiger partial charge on any atom is -0.338 e. The summed E-state index contributed by atoms with van der Waals surface area (Å²) in [5, 5.41) is 2.62. The molecule has 1 radical (unpaired) electrons. The molecule has 0 aromatic heterocycles. The maximum absolute atomic E-state index is 12.4. The predicted octanol–water partition coefficient (Wildman–Crippen LogP) is 5.72. The molecule has 0 spiro atoms. The monoisotopic (exact) mass is 474 g/mol. The largest absolute Gasteiger partial charge is 0.338 e. The molecule has 4 amide bonds. The first-order chi connectivity index (χ1) is 11.3. The third-order valence-corrected chi connectivity index (χ3v) is 3.77. The molecule has 0 bridgehead atoms. The fourth-order valence-electron chi connectivity index (χ4n) is 2.32. The Morgan fingerprint density at radius 3 is 1.93 bits per heavy atom. The van der Waals surface area contributed by atoms with Crippen molar-refractivity contribution < 1.29 is 46.7 Å². The van der Waals surface area contributed by atoms with Gasteiger partial charge in [0.15, 0.2) is 0 Å². The van der Waals surface area contributed by atoms with Gasteiger partial charge in [0.05, 0.1) is 0 Å². The summed E-state index contributed by atoms with van der Waals surface area (Å²) in [6.07, 6.45) is 0. The molecule has 1 fully saturated rings. The van der Waals surface area contributed by atoms with Crippen LogP contribution in [0.3, 0.4) is 0 Å². The van der Waals surface area contributed by atoms with Crippen molar-refractivity contribution in [3.8, 4) is 0 Å². The first-order valence-electron chi connectivity index (χ1n) is 8.39. The van der Waals surface area contributed by atoms with Crippen molar-refractivity contribution in [2.45, 2.75) is 68.9 Å². The zero-order chi connectivity index (χ0) is 18.3. The van der Waals surface area contributed by atoms with Gasteiger partial charge in [-0.05, 0) is 44.4 Å². The van der Waals surface area contributed by atoms with Crippen molar-refractivity contribution in [3.63, 3.8) is 0 Å². The van der Waals surface area contributed by atoms with E-state index in [1.165, 1.54) is 22.6 Å². The topological polar surface area (TPSA) is 52.7 Å². The molecule has 1 saturated heterocycles. The van der Waals surface area contributed by atoms with Gasteiger partial charge in [0.2, 0.25) is 0 Å². The SMILES string of the molecule is C.C.C.CC(C)c1ccc(F)cc1.CCNC(=O)N1CCN(C(C)C)C1=O.[Y]. The van der Waals surface area contributed by atoms with Crippen LogP contribution in [0, 0.1) is 5.82 Å². The summed E-state index contributed by atoms with van der Waals surface area (Å²) in [7, 11) is 0. The Labute approximate surface area is 197 Å². The molecule has 0 atom stereocenters. The van der Waals surface area contributed by atoms with Gasteiger partial charge in [-0.2, -0.15) is 0 Å². The number of carbonyl (C=O) groups excluding carboxylic acids is 2. The number of halogens is 1. The molecule has 0 unspecified atom stereocenters. The van der Waals surface area contributed by atoms with Crippen molar-refractivity contribution >= 4 is 12.1 Å². The molecular weight excluding hydrogens is 434 g/mol. The number of carbonyl (C=O) groups is 2. The fourth-order valence-corrected chi connectivity index (χ4v) is 2.32. The van der Waals surface area contributed by atoms with Crippen molar-refractivity contribution in [2.75, 3.05) is 19.6 Å². The Balaban J connectivity index is -0.000000187. The van der Waals surface area contributed by atoms with Gasteiger partial charge in [-0.3, -0.25) is 0 Å². The summed E-state index contributed by atoms with van der Waals surface area (Å²) >= 11 is 0. The van der Waals surface area contributed by atoms with Gasteiger partial charge < -0.3 is 10.2 Å². The van der Waals surface area contributed by atoms with E-state index in [4.69, 9.17) is 0 Å². The first kappa shape index (κ1) is 34.5. The van der Waals surface area contributed by atoms with Crippen LogP contribution >= 0.6 is 0 Å². The Bertz CT molecular complexity index is 551. The van der Waals surface area contributed by atoms with E-state index in [9.17, 15) is 14.0 Å². The maximum atomic E-state index is 12.4. The molecule has 5 nitrogen and oxygen atoms in total. The van der Waals surface area contributed by atoms with E-state index in [0.717, 1.165) is 0 Å². The molecule has 1 heterocycles. The molecule has 1 aliphatic heterocycles. The average molecular weight is 474 g/mol. The number of benzene rings is 1. The van der Waals surface area contributed by atoms with Gasteiger partial charge in [0, 0.05) is 58.4 Å². The Kier molecular flexibility index (Phi) is 20.8. The quantitative estimate of drug-likeness (QED) is 0.610. The Morgan fingerprint density at radius 2 is 1.57 bits per heavy atom. The van der Waals surface area contributed by atoms with Gasteiger partial charge >= 0.3 is 12.1 Å². The Morgan fingerprint density at radius 1 is 1.07 bits per heavy atom.